The van der Waals surface area contributed by atoms with Gasteiger partial charge in [0.2, 0.25) is 3.79 Å². The van der Waals surface area contributed by atoms with Crippen molar-refractivity contribution in [1.29, 1.82) is 0 Å². The van der Waals surface area contributed by atoms with Gasteiger partial charge in [0.15, 0.2) is 0 Å². The van der Waals surface area contributed by atoms with Gasteiger partial charge in [-0.3, -0.25) is 5.48 Å². The molecule has 1 heterocycles. The van der Waals surface area contributed by atoms with Gasteiger partial charge in [0.25, 0.3) is 5.79 Å². The Morgan fingerprint density at radius 3 is 2.30 bits per heavy atom. The summed E-state index contributed by atoms with van der Waals surface area (Å²) in [4.78, 5) is 4.50. The molecule has 0 saturated carbocycles. The lowest BCUT2D eigenvalue weighted by atomic mass is 10.3. The van der Waals surface area contributed by atoms with Crippen molar-refractivity contribution >= 4 is 34.8 Å². The van der Waals surface area contributed by atoms with Crippen LogP contribution < -0.4 is 5.48 Å². The van der Waals surface area contributed by atoms with Crippen LogP contribution in [0.1, 0.15) is 0 Å². The monoisotopic (exact) mass is 203 g/mol. The summed E-state index contributed by atoms with van der Waals surface area (Å²) in [7, 11) is 0. The SMILES string of the molecule is OC1(C(Cl)(Cl)Cl)C=CNO1. The molecule has 6 heteroatoms. The summed E-state index contributed by atoms with van der Waals surface area (Å²) in [5.41, 5.74) is 2.24. The lowest BCUT2D eigenvalue weighted by Crippen LogP contribution is -2.42. The number of halogens is 3. The number of nitrogens with one attached hydrogen (secondary N) is 1. The van der Waals surface area contributed by atoms with Crippen LogP contribution in [-0.2, 0) is 4.84 Å². The Morgan fingerprint density at radius 1 is 1.50 bits per heavy atom. The van der Waals surface area contributed by atoms with Crippen molar-refractivity contribution in [2.24, 2.45) is 0 Å². The standard InChI is InChI=1S/C4H4Cl3NO2/c5-4(6,7)3(9)1-2-8-10-3/h1-2,8-9H. The van der Waals surface area contributed by atoms with Crippen LogP contribution in [0.3, 0.4) is 0 Å². The molecular weight excluding hydrogens is 200 g/mol. The first-order valence-corrected chi connectivity index (χ1v) is 3.49. The topological polar surface area (TPSA) is 41.5 Å². The normalized spacial score (nSPS) is 32.4. The molecule has 0 fully saturated rings. The van der Waals surface area contributed by atoms with E-state index in [0.717, 1.165) is 0 Å². The number of hydrogen-bond acceptors (Lipinski definition) is 3. The van der Waals surface area contributed by atoms with Gasteiger partial charge in [0.05, 0.1) is 0 Å². The third kappa shape index (κ3) is 1.33. The molecule has 3 nitrogen and oxygen atoms in total. The van der Waals surface area contributed by atoms with Crippen LogP contribution in [0.25, 0.3) is 0 Å². The Balaban J connectivity index is 2.78. The minimum Gasteiger partial charge on any atom is -0.357 e. The maximum absolute atomic E-state index is 9.26. The van der Waals surface area contributed by atoms with E-state index in [4.69, 9.17) is 34.8 Å². The van der Waals surface area contributed by atoms with Crippen LogP contribution in [0.15, 0.2) is 12.3 Å². The Hall–Kier alpha value is 0.330. The number of aliphatic hydroxyl groups is 1. The van der Waals surface area contributed by atoms with Gasteiger partial charge in [-0.15, -0.1) is 0 Å². The van der Waals surface area contributed by atoms with Crippen molar-refractivity contribution in [2.45, 2.75) is 9.58 Å². The van der Waals surface area contributed by atoms with E-state index in [0.29, 0.717) is 0 Å². The third-order valence-electron chi connectivity index (χ3n) is 0.998. The Bertz CT molecular complexity index is 166. The van der Waals surface area contributed by atoms with Crippen LogP contribution in [0, 0.1) is 0 Å². The molecule has 2 N–H and O–H groups in total. The van der Waals surface area contributed by atoms with Gasteiger partial charge in [0.1, 0.15) is 0 Å². The third-order valence-corrected chi connectivity index (χ3v) is 1.81. The molecule has 1 atom stereocenters. The molecule has 1 rings (SSSR count). The molecule has 0 amide bonds. The molecule has 0 radical (unpaired) electrons. The zero-order chi connectivity index (χ0) is 7.83. The van der Waals surface area contributed by atoms with Crippen molar-refractivity contribution in [1.82, 2.24) is 5.48 Å². The van der Waals surface area contributed by atoms with E-state index in [1.165, 1.54) is 12.3 Å². The van der Waals surface area contributed by atoms with Gasteiger partial charge in [-0.05, 0) is 6.08 Å². The molecule has 0 aromatic rings. The number of rotatable bonds is 0. The number of hydroxylamine groups is 1. The van der Waals surface area contributed by atoms with E-state index in [1.807, 2.05) is 0 Å². The highest BCUT2D eigenvalue weighted by atomic mass is 35.6. The van der Waals surface area contributed by atoms with Gasteiger partial charge in [-0.2, -0.15) is 0 Å². The predicted octanol–water partition coefficient (Wildman–Crippen LogP) is 1.09. The van der Waals surface area contributed by atoms with Crippen molar-refractivity contribution < 1.29 is 9.94 Å². The Morgan fingerprint density at radius 2 is 2.10 bits per heavy atom. The van der Waals surface area contributed by atoms with Gasteiger partial charge in [0, 0.05) is 6.20 Å². The summed E-state index contributed by atoms with van der Waals surface area (Å²) in [6.45, 7) is 0. The maximum atomic E-state index is 9.26. The zero-order valence-corrected chi connectivity index (χ0v) is 6.91. The summed E-state index contributed by atoms with van der Waals surface area (Å²) < 4.78 is -1.88. The minimum atomic E-state index is -1.88. The number of hydrogen-bond donors (Lipinski definition) is 2. The minimum absolute atomic E-state index is 1.21. The van der Waals surface area contributed by atoms with Crippen LogP contribution >= 0.6 is 34.8 Å². The molecule has 10 heavy (non-hydrogen) atoms. The fraction of sp³-hybridized carbons (Fsp3) is 0.500. The summed E-state index contributed by atoms with van der Waals surface area (Å²) in [5.74, 6) is -1.86. The van der Waals surface area contributed by atoms with Gasteiger partial charge in [-0.25, -0.2) is 4.84 Å². The predicted molar refractivity (Wildman–Crippen MR) is 38.6 cm³/mol. The number of alkyl halides is 3. The molecule has 1 unspecified atom stereocenters. The van der Waals surface area contributed by atoms with Gasteiger partial charge < -0.3 is 5.11 Å². The molecule has 0 bridgehead atoms. The quantitative estimate of drug-likeness (QED) is 0.581. The first kappa shape index (κ1) is 8.43. The van der Waals surface area contributed by atoms with Crippen molar-refractivity contribution in [3.05, 3.63) is 12.3 Å². The van der Waals surface area contributed by atoms with E-state index < -0.39 is 9.58 Å². The lowest BCUT2D eigenvalue weighted by molar-refractivity contribution is -0.178. The summed E-state index contributed by atoms with van der Waals surface area (Å²) in [6.07, 6.45) is 2.54. The molecule has 0 saturated heterocycles. The smallest absolute Gasteiger partial charge is 0.260 e. The van der Waals surface area contributed by atoms with E-state index in [1.54, 1.807) is 0 Å². The van der Waals surface area contributed by atoms with E-state index in [-0.39, 0.29) is 0 Å². The van der Waals surface area contributed by atoms with Crippen molar-refractivity contribution in [2.75, 3.05) is 0 Å². The Labute approximate surface area is 72.5 Å². The summed E-state index contributed by atoms with van der Waals surface area (Å²) >= 11 is 16.0. The second-order valence-corrected chi connectivity index (χ2v) is 4.03. The first-order chi connectivity index (χ1) is 4.46. The van der Waals surface area contributed by atoms with Crippen LogP contribution in [0.5, 0.6) is 0 Å². The second-order valence-electron chi connectivity index (χ2n) is 1.75. The highest BCUT2D eigenvalue weighted by molar-refractivity contribution is 6.68. The summed E-state index contributed by atoms with van der Waals surface area (Å²) in [6, 6.07) is 0. The molecular formula is C4H4Cl3NO2. The van der Waals surface area contributed by atoms with E-state index in [9.17, 15) is 5.11 Å². The first-order valence-electron chi connectivity index (χ1n) is 2.36. The highest BCUT2D eigenvalue weighted by Crippen LogP contribution is 2.40. The van der Waals surface area contributed by atoms with Crippen LogP contribution in [0.4, 0.5) is 0 Å². The molecule has 0 aromatic carbocycles. The molecule has 0 aromatic heterocycles. The maximum Gasteiger partial charge on any atom is 0.260 e. The Kier molecular flexibility index (Phi) is 2.05. The zero-order valence-electron chi connectivity index (χ0n) is 4.64. The molecule has 58 valence electrons. The fourth-order valence-electron chi connectivity index (χ4n) is 0.457. The van der Waals surface area contributed by atoms with Gasteiger partial charge in [-0.1, -0.05) is 34.8 Å². The largest absolute Gasteiger partial charge is 0.357 e. The second kappa shape index (κ2) is 2.43. The average molecular weight is 204 g/mol. The van der Waals surface area contributed by atoms with Gasteiger partial charge >= 0.3 is 0 Å². The lowest BCUT2D eigenvalue weighted by Gasteiger charge is -2.25. The fourth-order valence-corrected chi connectivity index (χ4v) is 0.762. The molecule has 1 aliphatic rings. The molecule has 0 aliphatic carbocycles. The van der Waals surface area contributed by atoms with Crippen molar-refractivity contribution in [3.63, 3.8) is 0 Å². The molecule has 1 aliphatic heterocycles. The van der Waals surface area contributed by atoms with Crippen LogP contribution in [0.2, 0.25) is 0 Å². The van der Waals surface area contributed by atoms with E-state index >= 15 is 0 Å². The molecule has 0 spiro atoms. The van der Waals surface area contributed by atoms with Crippen LogP contribution in [-0.4, -0.2) is 14.7 Å². The summed E-state index contributed by atoms with van der Waals surface area (Å²) in [5, 5.41) is 9.26. The van der Waals surface area contributed by atoms with E-state index in [2.05, 4.69) is 10.3 Å². The average Bonchev–Trinajstić information content (AvgIpc) is 2.13. The van der Waals surface area contributed by atoms with Crippen molar-refractivity contribution in [3.8, 4) is 0 Å². The highest BCUT2D eigenvalue weighted by Gasteiger charge is 2.49.